The first kappa shape index (κ1) is 23.3. The Morgan fingerprint density at radius 2 is 1.97 bits per heavy atom. The van der Waals surface area contributed by atoms with Crippen LogP contribution in [0.5, 0.6) is 0 Å². The number of aromatic nitrogens is 1. The maximum absolute atomic E-state index is 13.0. The molecule has 7 nitrogen and oxygen atoms in total. The fourth-order valence-electron chi connectivity index (χ4n) is 3.90. The van der Waals surface area contributed by atoms with E-state index in [1.165, 1.54) is 5.56 Å². The Kier molecular flexibility index (Phi) is 7.43. The number of nitrogens with zero attached hydrogens (tertiary/aromatic N) is 3. The molecule has 0 bridgehead atoms. The van der Waals surface area contributed by atoms with E-state index < -0.39 is 5.60 Å². The number of carbonyl (C=O) groups is 2. The summed E-state index contributed by atoms with van der Waals surface area (Å²) in [7, 11) is 4.05. The summed E-state index contributed by atoms with van der Waals surface area (Å²) in [4.78, 5) is 29.2. The fraction of sp³-hybridized carbons (Fsp3) is 0.565. The second-order valence-corrected chi connectivity index (χ2v) is 10.0. The van der Waals surface area contributed by atoms with Crippen molar-refractivity contribution in [1.29, 1.82) is 0 Å². The normalized spacial score (nSPS) is 16.4. The van der Waals surface area contributed by atoms with Crippen molar-refractivity contribution in [2.45, 2.75) is 51.3 Å². The van der Waals surface area contributed by atoms with Crippen molar-refractivity contribution >= 4 is 23.3 Å². The Balaban J connectivity index is 1.58. The standard InChI is InChI=1S/C23H34N4O3S/c1-23(2,3)30-22(29)26-12-8-18(9-13-26)27-11-6-7-19(27)21(28)24-15-20(25(4)5)17-10-14-31-16-17/h6-7,10-11,14,16,18,20H,8-9,12-13,15H2,1-5H3,(H,24,28). The van der Waals surface area contributed by atoms with Gasteiger partial charge in [-0.15, -0.1) is 0 Å². The van der Waals surface area contributed by atoms with Gasteiger partial charge in [-0.3, -0.25) is 4.79 Å². The van der Waals surface area contributed by atoms with Crippen molar-refractivity contribution in [2.75, 3.05) is 33.7 Å². The number of likely N-dealkylation sites (tertiary alicyclic amines) is 1. The Bertz CT molecular complexity index is 862. The van der Waals surface area contributed by atoms with Crippen molar-refractivity contribution in [3.05, 3.63) is 46.4 Å². The zero-order valence-corrected chi connectivity index (χ0v) is 19.9. The lowest BCUT2D eigenvalue weighted by atomic mass is 10.0. The van der Waals surface area contributed by atoms with Crippen molar-refractivity contribution in [1.82, 2.24) is 19.7 Å². The molecule has 0 spiro atoms. The number of thiophene rings is 1. The first-order valence-corrected chi connectivity index (χ1v) is 11.7. The summed E-state index contributed by atoms with van der Waals surface area (Å²) in [6.07, 6.45) is 3.29. The van der Waals surface area contributed by atoms with E-state index in [2.05, 4.69) is 31.6 Å². The van der Waals surface area contributed by atoms with E-state index in [0.29, 0.717) is 25.3 Å². The van der Waals surface area contributed by atoms with Gasteiger partial charge in [-0.05, 0) is 82.2 Å². The molecular formula is C23H34N4O3S. The third kappa shape index (κ3) is 6.11. The maximum atomic E-state index is 13.0. The minimum atomic E-state index is -0.493. The molecule has 31 heavy (non-hydrogen) atoms. The summed E-state index contributed by atoms with van der Waals surface area (Å²) < 4.78 is 7.53. The van der Waals surface area contributed by atoms with Crippen LogP contribution >= 0.6 is 11.3 Å². The van der Waals surface area contributed by atoms with Gasteiger partial charge < -0.3 is 24.4 Å². The van der Waals surface area contributed by atoms with Crippen LogP contribution in [0.2, 0.25) is 0 Å². The lowest BCUT2D eigenvalue weighted by molar-refractivity contribution is 0.0187. The molecule has 170 valence electrons. The number of likely N-dealkylation sites (N-methyl/N-ethyl adjacent to an activating group) is 1. The van der Waals surface area contributed by atoms with Crippen LogP contribution in [-0.2, 0) is 4.74 Å². The number of carbonyl (C=O) groups excluding carboxylic acids is 2. The van der Waals surface area contributed by atoms with Gasteiger partial charge in [0.1, 0.15) is 11.3 Å². The fourth-order valence-corrected chi connectivity index (χ4v) is 4.61. The van der Waals surface area contributed by atoms with Crippen LogP contribution in [0, 0.1) is 0 Å². The lowest BCUT2D eigenvalue weighted by Gasteiger charge is -2.34. The topological polar surface area (TPSA) is 66.8 Å². The first-order chi connectivity index (χ1) is 14.7. The molecule has 1 fully saturated rings. The minimum absolute atomic E-state index is 0.0679. The third-order valence-corrected chi connectivity index (χ3v) is 6.23. The Labute approximate surface area is 189 Å². The molecule has 3 rings (SSSR count). The number of ether oxygens (including phenoxy) is 1. The van der Waals surface area contributed by atoms with Crippen LogP contribution in [-0.4, -0.2) is 65.7 Å². The highest BCUT2D eigenvalue weighted by molar-refractivity contribution is 7.07. The Hall–Kier alpha value is -2.32. The van der Waals surface area contributed by atoms with Gasteiger partial charge in [0.2, 0.25) is 0 Å². The van der Waals surface area contributed by atoms with Crippen LogP contribution in [0.3, 0.4) is 0 Å². The highest BCUT2D eigenvalue weighted by atomic mass is 32.1. The number of rotatable bonds is 6. The second-order valence-electron chi connectivity index (χ2n) is 9.25. The summed E-state index contributed by atoms with van der Waals surface area (Å²) in [6.45, 7) is 7.43. The molecule has 8 heteroatoms. The number of piperidine rings is 1. The average Bonchev–Trinajstić information content (AvgIpc) is 3.39. The predicted molar refractivity (Wildman–Crippen MR) is 124 cm³/mol. The molecule has 1 saturated heterocycles. The van der Waals surface area contributed by atoms with Crippen LogP contribution in [0.1, 0.15) is 61.7 Å². The van der Waals surface area contributed by atoms with Gasteiger partial charge in [0, 0.05) is 31.9 Å². The van der Waals surface area contributed by atoms with Crippen LogP contribution < -0.4 is 5.32 Å². The quantitative estimate of drug-likeness (QED) is 0.724. The largest absolute Gasteiger partial charge is 0.444 e. The smallest absolute Gasteiger partial charge is 0.410 e. The molecule has 2 aromatic heterocycles. The maximum Gasteiger partial charge on any atom is 0.410 e. The average molecular weight is 447 g/mol. The van der Waals surface area contributed by atoms with Crippen LogP contribution in [0.15, 0.2) is 35.2 Å². The van der Waals surface area contributed by atoms with Crippen molar-refractivity contribution in [2.24, 2.45) is 0 Å². The van der Waals surface area contributed by atoms with Gasteiger partial charge in [0.25, 0.3) is 5.91 Å². The number of hydrogen-bond acceptors (Lipinski definition) is 5. The summed E-state index contributed by atoms with van der Waals surface area (Å²) in [5, 5.41) is 7.29. The molecule has 0 radical (unpaired) electrons. The zero-order valence-electron chi connectivity index (χ0n) is 19.1. The Morgan fingerprint density at radius 1 is 1.26 bits per heavy atom. The highest BCUT2D eigenvalue weighted by Gasteiger charge is 2.29. The molecular weight excluding hydrogens is 412 g/mol. The van der Waals surface area contributed by atoms with Crippen molar-refractivity contribution < 1.29 is 14.3 Å². The van der Waals surface area contributed by atoms with Gasteiger partial charge >= 0.3 is 6.09 Å². The third-order valence-electron chi connectivity index (χ3n) is 5.53. The van der Waals surface area contributed by atoms with E-state index in [4.69, 9.17) is 4.74 Å². The van der Waals surface area contributed by atoms with E-state index in [1.807, 2.05) is 53.2 Å². The SMILES string of the molecule is CN(C)C(CNC(=O)c1cccn1C1CCN(C(=O)OC(C)(C)C)CC1)c1ccsc1. The molecule has 1 aliphatic rings. The minimum Gasteiger partial charge on any atom is -0.444 e. The molecule has 2 amide bonds. The second kappa shape index (κ2) is 9.87. The molecule has 3 heterocycles. The van der Waals surface area contributed by atoms with Crippen LogP contribution in [0.25, 0.3) is 0 Å². The molecule has 0 saturated carbocycles. The molecule has 0 aromatic carbocycles. The van der Waals surface area contributed by atoms with Crippen LogP contribution in [0.4, 0.5) is 4.79 Å². The summed E-state index contributed by atoms with van der Waals surface area (Å²) in [5.41, 5.74) is 1.38. The van der Waals surface area contributed by atoms with E-state index in [0.717, 1.165) is 12.8 Å². The van der Waals surface area contributed by atoms with Crippen molar-refractivity contribution in [3.63, 3.8) is 0 Å². The van der Waals surface area contributed by atoms with E-state index >= 15 is 0 Å². The monoisotopic (exact) mass is 446 g/mol. The lowest BCUT2D eigenvalue weighted by Crippen LogP contribution is -2.42. The summed E-state index contributed by atoms with van der Waals surface area (Å²) in [5.74, 6) is -0.0679. The van der Waals surface area contributed by atoms with E-state index in [9.17, 15) is 9.59 Å². The molecule has 1 N–H and O–H groups in total. The number of amides is 2. The molecule has 1 atom stereocenters. The van der Waals surface area contributed by atoms with Gasteiger partial charge in [-0.2, -0.15) is 11.3 Å². The molecule has 2 aromatic rings. The van der Waals surface area contributed by atoms with Crippen molar-refractivity contribution in [3.8, 4) is 0 Å². The van der Waals surface area contributed by atoms with Gasteiger partial charge in [-0.25, -0.2) is 4.79 Å². The highest BCUT2D eigenvalue weighted by Crippen LogP contribution is 2.26. The van der Waals surface area contributed by atoms with E-state index in [1.54, 1.807) is 16.2 Å². The number of hydrogen-bond donors (Lipinski definition) is 1. The molecule has 0 aliphatic carbocycles. The summed E-state index contributed by atoms with van der Waals surface area (Å²) in [6, 6.07) is 6.21. The Morgan fingerprint density at radius 3 is 2.55 bits per heavy atom. The van der Waals surface area contributed by atoms with Gasteiger partial charge in [-0.1, -0.05) is 0 Å². The summed E-state index contributed by atoms with van der Waals surface area (Å²) >= 11 is 1.66. The molecule has 1 aliphatic heterocycles. The van der Waals surface area contributed by atoms with Gasteiger partial charge in [0.05, 0.1) is 6.04 Å². The van der Waals surface area contributed by atoms with E-state index in [-0.39, 0.29) is 24.1 Å². The first-order valence-electron chi connectivity index (χ1n) is 10.8. The predicted octanol–water partition coefficient (Wildman–Crippen LogP) is 4.15. The van der Waals surface area contributed by atoms with Gasteiger partial charge in [0.15, 0.2) is 0 Å². The zero-order chi connectivity index (χ0) is 22.6. The molecule has 1 unspecified atom stereocenters. The number of nitrogens with one attached hydrogen (secondary N) is 1.